The minimum atomic E-state index is -4.61. The smallest absolute Gasteiger partial charge is 0.170 e. The van der Waals surface area contributed by atoms with Crippen LogP contribution < -0.4 is 0 Å². The Morgan fingerprint density at radius 1 is 1.06 bits per heavy atom. The number of hydrogen-bond acceptors (Lipinski definition) is 0. The summed E-state index contributed by atoms with van der Waals surface area (Å²) in [4.78, 5) is 0. The summed E-state index contributed by atoms with van der Waals surface area (Å²) in [6, 6.07) is 0. The molecule has 0 spiro atoms. The van der Waals surface area contributed by atoms with Gasteiger partial charge in [0.05, 0.1) is 11.5 Å². The van der Waals surface area contributed by atoms with Gasteiger partial charge in [-0.3, -0.25) is 0 Å². The third-order valence-corrected chi connectivity index (χ3v) is 2.48. The molecule has 0 nitrogen and oxygen atoms in total. The fraction of sp³-hybridized carbons (Fsp3) is 0.600. The van der Waals surface area contributed by atoms with Gasteiger partial charge in [0.25, 0.3) is 0 Å². The molecule has 0 aromatic heterocycles. The van der Waals surface area contributed by atoms with E-state index < -0.39 is 29.3 Å². The summed E-state index contributed by atoms with van der Waals surface area (Å²) in [5.74, 6) is -1.88. The Kier molecular flexibility index (Phi) is 2.90. The van der Waals surface area contributed by atoms with Crippen LogP contribution in [0.3, 0.4) is 0 Å². The van der Waals surface area contributed by atoms with E-state index in [1.54, 1.807) is 0 Å². The highest BCUT2D eigenvalue weighted by Gasteiger charge is 2.49. The van der Waals surface area contributed by atoms with Crippen LogP contribution in [0.15, 0.2) is 23.8 Å². The summed E-state index contributed by atoms with van der Waals surface area (Å²) in [5.41, 5.74) is -2.62. The van der Waals surface area contributed by atoms with E-state index in [1.807, 2.05) is 0 Å². The normalized spacial score (nSPS) is 25.5. The molecule has 0 aromatic rings. The van der Waals surface area contributed by atoms with Crippen molar-refractivity contribution in [3.05, 3.63) is 23.8 Å². The zero-order valence-electron chi connectivity index (χ0n) is 8.58. The minimum absolute atomic E-state index is 0.489. The molecule has 0 aliphatic heterocycles. The van der Waals surface area contributed by atoms with Gasteiger partial charge in [0.2, 0.25) is 0 Å². The summed E-state index contributed by atoms with van der Waals surface area (Å²) < 4.78 is 74.4. The lowest BCUT2D eigenvalue weighted by Crippen LogP contribution is -2.36. The zero-order valence-corrected chi connectivity index (χ0v) is 8.58. The maximum Gasteiger partial charge on any atom is 0.416 e. The van der Waals surface area contributed by atoms with Crippen molar-refractivity contribution in [1.29, 1.82) is 0 Å². The molecule has 0 fully saturated rings. The van der Waals surface area contributed by atoms with E-state index in [0.29, 0.717) is 18.2 Å². The highest BCUT2D eigenvalue weighted by atomic mass is 19.4. The molecule has 1 rings (SSSR count). The molecule has 92 valence electrons. The maximum atomic E-state index is 12.5. The SMILES string of the molecule is CC1(C)C=C(C(F)(F)F)C=CC1C(F)(F)F. The Morgan fingerprint density at radius 2 is 1.56 bits per heavy atom. The summed E-state index contributed by atoms with van der Waals surface area (Å²) in [6.07, 6.45) is -7.45. The summed E-state index contributed by atoms with van der Waals surface area (Å²) in [6.45, 7) is 2.28. The lowest BCUT2D eigenvalue weighted by molar-refractivity contribution is -0.182. The third-order valence-electron chi connectivity index (χ3n) is 2.48. The third kappa shape index (κ3) is 2.59. The van der Waals surface area contributed by atoms with Gasteiger partial charge >= 0.3 is 12.4 Å². The van der Waals surface area contributed by atoms with Crippen molar-refractivity contribution in [2.75, 3.05) is 0 Å². The second kappa shape index (κ2) is 3.53. The molecule has 0 saturated heterocycles. The molecule has 0 aromatic carbocycles. The first-order chi connectivity index (χ1) is 6.94. The number of rotatable bonds is 0. The van der Waals surface area contributed by atoms with E-state index in [0.717, 1.165) is 13.8 Å². The first-order valence-electron chi connectivity index (χ1n) is 4.49. The van der Waals surface area contributed by atoms with Gasteiger partial charge in [0.1, 0.15) is 0 Å². The van der Waals surface area contributed by atoms with E-state index in [2.05, 4.69) is 0 Å². The van der Waals surface area contributed by atoms with Crippen molar-refractivity contribution < 1.29 is 26.3 Å². The van der Waals surface area contributed by atoms with Crippen LogP contribution in [-0.2, 0) is 0 Å². The lowest BCUT2D eigenvalue weighted by atomic mass is 9.74. The molecule has 0 heterocycles. The molecule has 1 aliphatic rings. The van der Waals surface area contributed by atoms with E-state index in [1.165, 1.54) is 0 Å². The van der Waals surface area contributed by atoms with Crippen molar-refractivity contribution in [2.45, 2.75) is 26.2 Å². The van der Waals surface area contributed by atoms with Gasteiger partial charge in [-0.15, -0.1) is 0 Å². The second-order valence-electron chi connectivity index (χ2n) is 4.30. The summed E-state index contributed by atoms with van der Waals surface area (Å²) in [5, 5.41) is 0. The molecule has 0 radical (unpaired) electrons. The van der Waals surface area contributed by atoms with E-state index in [9.17, 15) is 26.3 Å². The molecule has 0 bridgehead atoms. The summed E-state index contributed by atoms with van der Waals surface area (Å²) in [7, 11) is 0. The predicted molar refractivity (Wildman–Crippen MR) is 46.6 cm³/mol. The van der Waals surface area contributed by atoms with Gasteiger partial charge in [-0.05, 0) is 5.41 Å². The molecule has 1 unspecified atom stereocenters. The molecule has 16 heavy (non-hydrogen) atoms. The number of alkyl halides is 6. The Bertz CT molecular complexity index is 328. The molecule has 0 amide bonds. The van der Waals surface area contributed by atoms with Crippen LogP contribution in [0.1, 0.15) is 13.8 Å². The molecule has 0 saturated carbocycles. The fourth-order valence-corrected chi connectivity index (χ4v) is 1.69. The monoisotopic (exact) mass is 244 g/mol. The first kappa shape index (κ1) is 13.1. The van der Waals surface area contributed by atoms with Crippen molar-refractivity contribution in [3.8, 4) is 0 Å². The van der Waals surface area contributed by atoms with Crippen LogP contribution in [0, 0.1) is 11.3 Å². The molecular weight excluding hydrogens is 234 g/mol. The predicted octanol–water partition coefficient (Wildman–Crippen LogP) is 4.25. The average Bonchev–Trinajstić information content (AvgIpc) is 1.97. The first-order valence-corrected chi connectivity index (χ1v) is 4.49. The summed E-state index contributed by atoms with van der Waals surface area (Å²) >= 11 is 0. The average molecular weight is 244 g/mol. The highest BCUT2D eigenvalue weighted by Crippen LogP contribution is 2.46. The van der Waals surface area contributed by atoms with Crippen LogP contribution in [0.25, 0.3) is 0 Å². The number of halogens is 6. The highest BCUT2D eigenvalue weighted by molar-refractivity contribution is 5.32. The lowest BCUT2D eigenvalue weighted by Gasteiger charge is -2.34. The van der Waals surface area contributed by atoms with Gasteiger partial charge in [-0.2, -0.15) is 26.3 Å². The van der Waals surface area contributed by atoms with E-state index in [-0.39, 0.29) is 0 Å². The van der Waals surface area contributed by atoms with Crippen molar-refractivity contribution in [3.63, 3.8) is 0 Å². The van der Waals surface area contributed by atoms with Crippen LogP contribution in [-0.4, -0.2) is 12.4 Å². The van der Waals surface area contributed by atoms with Crippen LogP contribution in [0.5, 0.6) is 0 Å². The molecular formula is C10H10F6. The van der Waals surface area contributed by atoms with Crippen LogP contribution in [0.4, 0.5) is 26.3 Å². The Morgan fingerprint density at radius 3 is 1.88 bits per heavy atom. The molecule has 1 atom stereocenters. The molecule has 0 N–H and O–H groups in total. The van der Waals surface area contributed by atoms with Crippen molar-refractivity contribution in [2.24, 2.45) is 11.3 Å². The van der Waals surface area contributed by atoms with Crippen molar-refractivity contribution in [1.82, 2.24) is 0 Å². The molecule has 6 heteroatoms. The van der Waals surface area contributed by atoms with Gasteiger partial charge in [0.15, 0.2) is 0 Å². The van der Waals surface area contributed by atoms with Gasteiger partial charge in [0, 0.05) is 0 Å². The van der Waals surface area contributed by atoms with E-state index >= 15 is 0 Å². The maximum absolute atomic E-state index is 12.5. The standard InChI is InChI=1S/C10H10F6/c1-8(2)5-6(9(11,12)13)3-4-7(8)10(14,15)16/h3-5,7H,1-2H3. The Labute approximate surface area is 88.6 Å². The number of allylic oxidation sites excluding steroid dienone is 4. The van der Waals surface area contributed by atoms with Crippen LogP contribution >= 0.6 is 0 Å². The largest absolute Gasteiger partial charge is 0.416 e. The topological polar surface area (TPSA) is 0 Å². The zero-order chi connectivity index (χ0) is 12.8. The Hall–Kier alpha value is -0.940. The van der Waals surface area contributed by atoms with Gasteiger partial charge in [-0.25, -0.2) is 0 Å². The number of hydrogen-bond donors (Lipinski definition) is 0. The quantitative estimate of drug-likeness (QED) is 0.559. The molecule has 1 aliphatic carbocycles. The van der Waals surface area contributed by atoms with Gasteiger partial charge in [-0.1, -0.05) is 32.1 Å². The van der Waals surface area contributed by atoms with Gasteiger partial charge < -0.3 is 0 Å². The minimum Gasteiger partial charge on any atom is -0.170 e. The second-order valence-corrected chi connectivity index (χ2v) is 4.30. The van der Waals surface area contributed by atoms with Crippen molar-refractivity contribution >= 4 is 0 Å². The van der Waals surface area contributed by atoms with Crippen LogP contribution in [0.2, 0.25) is 0 Å². The van der Waals surface area contributed by atoms with E-state index in [4.69, 9.17) is 0 Å². The Balaban J connectivity index is 3.08. The fourth-order valence-electron chi connectivity index (χ4n) is 1.69.